The van der Waals surface area contributed by atoms with Gasteiger partial charge in [0.15, 0.2) is 5.76 Å². The molecule has 0 saturated heterocycles. The number of benzene rings is 1. The van der Waals surface area contributed by atoms with E-state index in [1.54, 1.807) is 24.3 Å². The van der Waals surface area contributed by atoms with Gasteiger partial charge in [0.05, 0.1) is 12.2 Å². The quantitative estimate of drug-likeness (QED) is 0.875. The number of carbonyl (C=O) groups excluding carboxylic acids is 1. The highest BCUT2D eigenvalue weighted by Gasteiger charge is 2.14. The largest absolute Gasteiger partial charge is 0.494 e. The van der Waals surface area contributed by atoms with E-state index in [1.807, 2.05) is 6.92 Å². The Morgan fingerprint density at radius 3 is 2.55 bits per heavy atom. The molecule has 0 aliphatic carbocycles. The fourth-order valence-corrected chi connectivity index (χ4v) is 1.56. The van der Waals surface area contributed by atoms with Crippen molar-refractivity contribution in [1.29, 1.82) is 0 Å². The van der Waals surface area contributed by atoms with Crippen LogP contribution in [-0.2, 0) is 0 Å². The molecule has 0 unspecified atom stereocenters. The number of carboxylic acids is 1. The maximum Gasteiger partial charge on any atom is 0.338 e. The molecule has 0 aliphatic rings. The summed E-state index contributed by atoms with van der Waals surface area (Å²) in [5.41, 5.74) is 0.494. The number of carboxylic acid groups (broad SMARTS) is 1. The van der Waals surface area contributed by atoms with Crippen molar-refractivity contribution >= 4 is 17.6 Å². The first kappa shape index (κ1) is 13.7. The third-order valence-corrected chi connectivity index (χ3v) is 2.49. The highest BCUT2D eigenvalue weighted by molar-refractivity contribution is 6.03. The van der Waals surface area contributed by atoms with Crippen LogP contribution < -0.4 is 10.1 Å². The van der Waals surface area contributed by atoms with E-state index in [-0.39, 0.29) is 11.3 Å². The normalized spacial score (nSPS) is 10.1. The zero-order chi connectivity index (χ0) is 14.5. The van der Waals surface area contributed by atoms with E-state index in [4.69, 9.17) is 14.3 Å². The van der Waals surface area contributed by atoms with Gasteiger partial charge in [-0.3, -0.25) is 4.79 Å². The van der Waals surface area contributed by atoms with Crippen molar-refractivity contribution in [2.75, 3.05) is 11.9 Å². The van der Waals surface area contributed by atoms with Gasteiger partial charge in [-0.2, -0.15) is 0 Å². The fraction of sp³-hybridized carbons (Fsp3) is 0.143. The van der Waals surface area contributed by atoms with Crippen LogP contribution in [0.15, 0.2) is 41.0 Å². The van der Waals surface area contributed by atoms with Crippen LogP contribution in [0.3, 0.4) is 0 Å². The van der Waals surface area contributed by atoms with Gasteiger partial charge in [0.2, 0.25) is 0 Å². The van der Waals surface area contributed by atoms with Gasteiger partial charge >= 0.3 is 5.97 Å². The first-order chi connectivity index (χ1) is 9.60. The van der Waals surface area contributed by atoms with E-state index in [9.17, 15) is 9.59 Å². The van der Waals surface area contributed by atoms with Crippen LogP contribution in [0.25, 0.3) is 0 Å². The van der Waals surface area contributed by atoms with Gasteiger partial charge in [-0.15, -0.1) is 0 Å². The maximum absolute atomic E-state index is 11.8. The topological polar surface area (TPSA) is 88.8 Å². The lowest BCUT2D eigenvalue weighted by Crippen LogP contribution is -2.10. The van der Waals surface area contributed by atoms with Crippen molar-refractivity contribution in [3.8, 4) is 5.75 Å². The second-order valence-electron chi connectivity index (χ2n) is 3.92. The van der Waals surface area contributed by atoms with Gasteiger partial charge in [-0.25, -0.2) is 4.79 Å². The van der Waals surface area contributed by atoms with E-state index in [2.05, 4.69) is 5.32 Å². The van der Waals surface area contributed by atoms with Crippen LogP contribution >= 0.6 is 0 Å². The number of amides is 1. The number of carbonyl (C=O) groups is 2. The first-order valence-corrected chi connectivity index (χ1v) is 5.96. The van der Waals surface area contributed by atoms with Gasteiger partial charge in [-0.1, -0.05) is 0 Å². The summed E-state index contributed by atoms with van der Waals surface area (Å²) in [5.74, 6) is -1.01. The Morgan fingerprint density at radius 1 is 1.30 bits per heavy atom. The van der Waals surface area contributed by atoms with E-state index in [0.717, 1.165) is 6.26 Å². The number of anilines is 1. The van der Waals surface area contributed by atoms with Crippen LogP contribution in [0.2, 0.25) is 0 Å². The van der Waals surface area contributed by atoms with Gasteiger partial charge in [0.1, 0.15) is 12.0 Å². The molecule has 2 aromatic rings. The summed E-state index contributed by atoms with van der Waals surface area (Å²) < 4.78 is 10.2. The summed E-state index contributed by atoms with van der Waals surface area (Å²) in [6, 6.07) is 7.99. The zero-order valence-electron chi connectivity index (χ0n) is 10.8. The van der Waals surface area contributed by atoms with E-state index in [1.165, 1.54) is 6.07 Å². The Hall–Kier alpha value is -2.76. The minimum absolute atomic E-state index is 0.0590. The van der Waals surface area contributed by atoms with Crippen LogP contribution in [0.5, 0.6) is 5.75 Å². The van der Waals surface area contributed by atoms with Crippen LogP contribution in [-0.4, -0.2) is 23.6 Å². The van der Waals surface area contributed by atoms with E-state index in [0.29, 0.717) is 18.0 Å². The molecule has 2 rings (SSSR count). The summed E-state index contributed by atoms with van der Waals surface area (Å²) in [5, 5.41) is 11.3. The number of ether oxygens (including phenoxy) is 1. The molecule has 0 atom stereocenters. The zero-order valence-corrected chi connectivity index (χ0v) is 10.8. The van der Waals surface area contributed by atoms with Gasteiger partial charge in [0.25, 0.3) is 5.91 Å². The number of nitrogens with one attached hydrogen (secondary N) is 1. The van der Waals surface area contributed by atoms with Crippen molar-refractivity contribution in [3.05, 3.63) is 47.9 Å². The van der Waals surface area contributed by atoms with Crippen LogP contribution in [0.4, 0.5) is 5.69 Å². The monoisotopic (exact) mass is 275 g/mol. The SMILES string of the molecule is CCOc1ccc(NC(=O)c2cc(C(=O)O)co2)cc1. The van der Waals surface area contributed by atoms with Crippen molar-refractivity contribution in [1.82, 2.24) is 0 Å². The molecule has 0 radical (unpaired) electrons. The molecule has 1 amide bonds. The Bertz CT molecular complexity index is 615. The van der Waals surface area contributed by atoms with E-state index < -0.39 is 11.9 Å². The Morgan fingerprint density at radius 2 is 2.00 bits per heavy atom. The summed E-state index contributed by atoms with van der Waals surface area (Å²) in [4.78, 5) is 22.5. The highest BCUT2D eigenvalue weighted by atomic mass is 16.5. The molecule has 1 aromatic heterocycles. The van der Waals surface area contributed by atoms with Crippen molar-refractivity contribution in [2.24, 2.45) is 0 Å². The molecule has 6 heteroatoms. The standard InChI is InChI=1S/C14H13NO5/c1-2-19-11-5-3-10(4-6-11)15-13(16)12-7-9(8-20-12)14(17)18/h3-8H,2H2,1H3,(H,15,16)(H,17,18). The lowest BCUT2D eigenvalue weighted by atomic mass is 10.2. The summed E-state index contributed by atoms with van der Waals surface area (Å²) in [7, 11) is 0. The van der Waals surface area contributed by atoms with Gasteiger partial charge in [-0.05, 0) is 31.2 Å². The Balaban J connectivity index is 2.04. The third-order valence-electron chi connectivity index (χ3n) is 2.49. The second kappa shape index (κ2) is 5.92. The molecular formula is C14H13NO5. The number of furan rings is 1. The molecule has 2 N–H and O–H groups in total. The summed E-state index contributed by atoms with van der Waals surface area (Å²) >= 11 is 0. The van der Waals surface area contributed by atoms with Crippen molar-refractivity contribution in [2.45, 2.75) is 6.92 Å². The third kappa shape index (κ3) is 3.17. The minimum atomic E-state index is -1.14. The lowest BCUT2D eigenvalue weighted by molar-refractivity contribution is 0.0696. The minimum Gasteiger partial charge on any atom is -0.494 e. The van der Waals surface area contributed by atoms with Crippen molar-refractivity contribution < 1.29 is 23.8 Å². The Labute approximate surface area is 115 Å². The predicted octanol–water partition coefficient (Wildman–Crippen LogP) is 2.63. The smallest absolute Gasteiger partial charge is 0.338 e. The second-order valence-corrected chi connectivity index (χ2v) is 3.92. The molecular weight excluding hydrogens is 262 g/mol. The molecule has 1 aromatic carbocycles. The van der Waals surface area contributed by atoms with Gasteiger partial charge in [0, 0.05) is 11.8 Å². The predicted molar refractivity (Wildman–Crippen MR) is 71.2 cm³/mol. The number of hydrogen-bond donors (Lipinski definition) is 2. The maximum atomic E-state index is 11.8. The molecule has 0 fully saturated rings. The molecule has 0 spiro atoms. The van der Waals surface area contributed by atoms with Crippen LogP contribution in [0.1, 0.15) is 27.8 Å². The fourth-order valence-electron chi connectivity index (χ4n) is 1.56. The number of hydrogen-bond acceptors (Lipinski definition) is 4. The van der Waals surface area contributed by atoms with E-state index >= 15 is 0 Å². The molecule has 0 bridgehead atoms. The molecule has 0 aliphatic heterocycles. The summed E-state index contributed by atoms with van der Waals surface area (Å²) in [6.07, 6.45) is 1.02. The number of aromatic carboxylic acids is 1. The first-order valence-electron chi connectivity index (χ1n) is 5.96. The molecule has 1 heterocycles. The molecule has 20 heavy (non-hydrogen) atoms. The lowest BCUT2D eigenvalue weighted by Gasteiger charge is -2.05. The summed E-state index contributed by atoms with van der Waals surface area (Å²) in [6.45, 7) is 2.45. The average Bonchev–Trinajstić information content (AvgIpc) is 2.91. The average molecular weight is 275 g/mol. The molecule has 6 nitrogen and oxygen atoms in total. The number of rotatable bonds is 5. The highest BCUT2D eigenvalue weighted by Crippen LogP contribution is 2.17. The van der Waals surface area contributed by atoms with Gasteiger partial charge < -0.3 is 19.6 Å². The molecule has 0 saturated carbocycles. The van der Waals surface area contributed by atoms with Crippen LogP contribution in [0, 0.1) is 0 Å². The Kier molecular flexibility index (Phi) is 4.05. The molecule has 104 valence electrons. The van der Waals surface area contributed by atoms with Crippen molar-refractivity contribution in [3.63, 3.8) is 0 Å².